The van der Waals surface area contributed by atoms with Gasteiger partial charge in [-0.2, -0.15) is 5.56 Å². The van der Waals surface area contributed by atoms with E-state index in [-0.39, 0.29) is 69.7 Å². The molecule has 0 atom stereocenters. The number of anilines is 1. The fraction of sp³-hybridized carbons (Fsp3) is 0.0667. The fourth-order valence-electron chi connectivity index (χ4n) is 1.70. The van der Waals surface area contributed by atoms with Crippen LogP contribution in [0, 0.1) is 13.0 Å². The Morgan fingerprint density at radius 1 is 1.08 bits per heavy atom. The summed E-state index contributed by atoms with van der Waals surface area (Å²) in [6, 6.07) is 12.9. The van der Waals surface area contributed by atoms with Crippen LogP contribution in [-0.4, -0.2) is 25.6 Å². The van der Waals surface area contributed by atoms with Gasteiger partial charge < -0.3 is 10.3 Å². The van der Waals surface area contributed by atoms with Crippen molar-refractivity contribution in [2.24, 2.45) is 0 Å². The van der Waals surface area contributed by atoms with Crippen LogP contribution in [0.3, 0.4) is 0 Å². The summed E-state index contributed by atoms with van der Waals surface area (Å²) in [7, 11) is -7.67. The van der Waals surface area contributed by atoms with Crippen LogP contribution in [0.15, 0.2) is 41.3 Å². The Labute approximate surface area is 198 Å². The van der Waals surface area contributed by atoms with E-state index in [2.05, 4.69) is 6.07 Å². The van der Waals surface area contributed by atoms with Gasteiger partial charge in [0.15, 0.2) is 0 Å². The Kier molecular flexibility index (Phi) is 13.7. The van der Waals surface area contributed by atoms with Crippen LogP contribution < -0.4 is 64.8 Å². The quantitative estimate of drug-likeness (QED) is 0.176. The molecule has 2 aromatic carbocycles. The van der Waals surface area contributed by atoms with E-state index < -0.39 is 20.7 Å². The maximum Gasteiger partial charge on any atom is 1.00 e. The van der Waals surface area contributed by atoms with E-state index in [1.807, 2.05) is 25.1 Å². The molecule has 7 nitrogen and oxygen atoms in total. The second-order valence-electron chi connectivity index (χ2n) is 4.61. The van der Waals surface area contributed by atoms with E-state index in [9.17, 15) is 13.0 Å². The number of hydrogen-bond acceptors (Lipinski definition) is 7. The molecule has 0 aliphatic carbocycles. The summed E-state index contributed by atoms with van der Waals surface area (Å²) < 4.78 is 59.0. The molecule has 0 saturated heterocycles. The third-order valence-electron chi connectivity index (χ3n) is 2.74. The molecule has 11 heteroatoms. The van der Waals surface area contributed by atoms with Crippen LogP contribution in [0.25, 0.3) is 12.2 Å². The van der Waals surface area contributed by atoms with Crippen molar-refractivity contribution in [2.75, 3.05) is 5.73 Å². The van der Waals surface area contributed by atoms with E-state index >= 15 is 0 Å². The molecule has 0 saturated carbocycles. The van der Waals surface area contributed by atoms with E-state index in [1.54, 1.807) is 18.2 Å². The maximum absolute atomic E-state index is 11.2. The minimum Gasteiger partial charge on any atom is -0.744 e. The van der Waals surface area contributed by atoms with Crippen molar-refractivity contribution in [3.05, 3.63) is 59.2 Å². The van der Waals surface area contributed by atoms with Gasteiger partial charge in [0.1, 0.15) is 10.1 Å². The van der Waals surface area contributed by atoms with Gasteiger partial charge in [-0.1, -0.05) is 19.1 Å². The Hall–Kier alpha value is -0.490. The van der Waals surface area contributed by atoms with Crippen molar-refractivity contribution in [1.82, 2.24) is 0 Å². The summed E-state index contributed by atoms with van der Waals surface area (Å²) in [6.07, 6.45) is 3.25. The van der Waals surface area contributed by atoms with Crippen molar-refractivity contribution < 1.29 is 84.7 Å². The summed E-state index contributed by atoms with van der Waals surface area (Å²) in [5.41, 5.74) is 7.93. The monoisotopic (exact) mass is 413 g/mol. The van der Waals surface area contributed by atoms with E-state index in [0.717, 1.165) is 11.1 Å². The zero-order valence-electron chi connectivity index (χ0n) is 14.5. The van der Waals surface area contributed by atoms with Gasteiger partial charge in [-0.25, -0.2) is 8.42 Å². The molecule has 128 valence electrons. The number of hydrogen-bond donors (Lipinski definition) is 1. The number of benzene rings is 2. The average Bonchev–Trinajstić information content (AvgIpc) is 2.46. The average molecular weight is 413 g/mol. The minimum absolute atomic E-state index is 0. The van der Waals surface area contributed by atoms with E-state index in [4.69, 9.17) is 18.4 Å². The third kappa shape index (κ3) is 10.6. The first-order chi connectivity index (χ1) is 11.1. The van der Waals surface area contributed by atoms with Crippen molar-refractivity contribution in [2.45, 2.75) is 11.8 Å². The van der Waals surface area contributed by atoms with E-state index in [1.165, 1.54) is 12.1 Å². The smallest absolute Gasteiger partial charge is 0.744 e. The summed E-state index contributed by atoms with van der Waals surface area (Å²) in [5, 5.41) is 0. The van der Waals surface area contributed by atoms with Gasteiger partial charge >= 0.3 is 69.7 Å². The molecule has 0 radical (unpaired) electrons. The van der Waals surface area contributed by atoms with Crippen molar-refractivity contribution in [3.8, 4) is 0 Å². The number of aryl methyl sites for hydroxylation is 1. The first-order valence-electron chi connectivity index (χ1n) is 6.38. The number of nitrogens with two attached hydrogens (primary N) is 1. The molecule has 0 aromatic heterocycles. The molecule has 0 spiro atoms. The Balaban J connectivity index is 0. The molecule has 0 unspecified atom stereocenters. The maximum atomic E-state index is 11.2. The zero-order valence-corrected chi connectivity index (χ0v) is 20.1. The molecule has 0 amide bonds. The standard InChI is InChI=1S/C15H14NO3S.2Na.O3S/c1-11-2-4-12(5-3-11)6-7-13-8-9-14(16)10-15(13)20(17,18)19;;;1-4(2)3/h2-4,6-10H,16H2,1H3,(H,17,18,19);;;/q-1;2*+1;/p-1/b7-6+;;;. The summed E-state index contributed by atoms with van der Waals surface area (Å²) in [4.78, 5) is -0.319. The summed E-state index contributed by atoms with van der Waals surface area (Å²) in [5.74, 6) is 0. The van der Waals surface area contributed by atoms with Gasteiger partial charge in [-0.05, 0) is 17.7 Å². The molecule has 0 bridgehead atoms. The first kappa shape index (κ1) is 27.7. The molecule has 2 N–H and O–H groups in total. The SMILES string of the molecule is Cc1c[c-]c(/C=C/c2ccc(N)cc2S(=O)(=O)[O-])cc1.O=S(=O)=O.[Na+].[Na+]. The Bertz CT molecular complexity index is 950. The molecule has 0 aliphatic heterocycles. The topological polar surface area (TPSA) is 134 Å². The van der Waals surface area contributed by atoms with Gasteiger partial charge in [0.25, 0.3) is 0 Å². The van der Waals surface area contributed by atoms with Gasteiger partial charge in [0.05, 0.1) is 4.90 Å². The predicted octanol–water partition coefficient (Wildman–Crippen LogP) is -4.54. The Morgan fingerprint density at radius 3 is 2.12 bits per heavy atom. The van der Waals surface area contributed by atoms with Crippen LogP contribution in [0.2, 0.25) is 0 Å². The number of nitrogen functional groups attached to an aromatic ring is 1. The first-order valence-corrected chi connectivity index (χ1v) is 8.79. The summed E-state index contributed by atoms with van der Waals surface area (Å²) in [6.45, 7) is 1.95. The van der Waals surface area contributed by atoms with Crippen molar-refractivity contribution in [3.63, 3.8) is 0 Å². The van der Waals surface area contributed by atoms with Crippen LogP contribution in [-0.2, 0) is 20.7 Å². The number of rotatable bonds is 3. The van der Waals surface area contributed by atoms with Gasteiger partial charge in [0, 0.05) is 5.69 Å². The minimum atomic E-state index is -4.56. The zero-order chi connectivity index (χ0) is 18.3. The molecule has 2 rings (SSSR count). The van der Waals surface area contributed by atoms with Crippen LogP contribution >= 0.6 is 0 Å². The van der Waals surface area contributed by atoms with Crippen molar-refractivity contribution in [1.29, 1.82) is 0 Å². The molecule has 2 aromatic rings. The van der Waals surface area contributed by atoms with Gasteiger partial charge in [0.2, 0.25) is 0 Å². The second-order valence-corrected chi connectivity index (χ2v) is 6.37. The largest absolute Gasteiger partial charge is 1.00 e. The van der Waals surface area contributed by atoms with Gasteiger partial charge in [-0.3, -0.25) is 0 Å². The normalized spacial score (nSPS) is 10.1. The predicted molar refractivity (Wildman–Crippen MR) is 87.5 cm³/mol. The molecule has 0 heterocycles. The van der Waals surface area contributed by atoms with E-state index in [0.29, 0.717) is 5.56 Å². The fourth-order valence-corrected chi connectivity index (χ4v) is 2.41. The molecule has 0 aliphatic rings. The Morgan fingerprint density at radius 2 is 1.65 bits per heavy atom. The second kappa shape index (κ2) is 12.8. The van der Waals surface area contributed by atoms with Crippen LogP contribution in [0.1, 0.15) is 16.7 Å². The van der Waals surface area contributed by atoms with Crippen molar-refractivity contribution >= 4 is 38.6 Å². The molecule has 26 heavy (non-hydrogen) atoms. The van der Waals surface area contributed by atoms with Gasteiger partial charge in [-0.15, -0.1) is 48.5 Å². The summed E-state index contributed by atoms with van der Waals surface area (Å²) >= 11 is 0. The van der Waals surface area contributed by atoms with Crippen LogP contribution in [0.5, 0.6) is 0 Å². The molecular formula is C15H13NNa2O6S2. The van der Waals surface area contributed by atoms with Crippen LogP contribution in [0.4, 0.5) is 5.69 Å². The molecular weight excluding hydrogens is 400 g/mol. The molecule has 0 fully saturated rings. The third-order valence-corrected chi connectivity index (χ3v) is 3.63.